The van der Waals surface area contributed by atoms with Gasteiger partial charge in [0.15, 0.2) is 5.96 Å². The number of nitrogens with zero attached hydrogens (tertiary/aromatic N) is 4. The molecule has 0 amide bonds. The minimum absolute atomic E-state index is 0. The Morgan fingerprint density at radius 2 is 2.07 bits per heavy atom. The fraction of sp³-hybridized carbons (Fsp3) is 0.286. The summed E-state index contributed by atoms with van der Waals surface area (Å²) in [7, 11) is 1.75. The first kappa shape index (κ1) is 21.2. The number of benzene rings is 1. The molecule has 2 N–H and O–H groups in total. The molecule has 1 aliphatic carbocycles. The van der Waals surface area contributed by atoms with Gasteiger partial charge in [-0.05, 0) is 48.2 Å². The molecule has 0 bridgehead atoms. The summed E-state index contributed by atoms with van der Waals surface area (Å²) >= 11 is 0. The van der Waals surface area contributed by atoms with E-state index in [-0.39, 0.29) is 35.2 Å². The average molecular weight is 506 g/mol. The van der Waals surface area contributed by atoms with Crippen LogP contribution >= 0.6 is 24.0 Å². The first-order valence-electron chi connectivity index (χ1n) is 9.32. The number of imidazole rings is 1. The van der Waals surface area contributed by atoms with Gasteiger partial charge in [0, 0.05) is 44.1 Å². The summed E-state index contributed by atoms with van der Waals surface area (Å²) in [6.45, 7) is 1.35. The zero-order valence-electron chi connectivity index (χ0n) is 16.2. The molecule has 1 fully saturated rings. The van der Waals surface area contributed by atoms with Crippen LogP contribution in [0.3, 0.4) is 0 Å². The van der Waals surface area contributed by atoms with Crippen molar-refractivity contribution >= 4 is 29.9 Å². The molecule has 1 saturated carbocycles. The monoisotopic (exact) mass is 506 g/mol. The molecule has 2 aromatic heterocycles. The molecule has 0 spiro atoms. The van der Waals surface area contributed by atoms with E-state index in [9.17, 15) is 4.39 Å². The first-order chi connectivity index (χ1) is 13.7. The number of aliphatic imine (C=N–C) groups is 1. The standard InChI is InChI=1S/C21H23FN6.HI/c1-23-20(27-14-21(6-7-21)17-3-2-4-18(22)12-17)26-13-16-5-8-25-19(11-16)28-10-9-24-15-28;/h2-5,8-12,15H,6-7,13-14H2,1H3,(H2,23,26,27);1H. The third-order valence-corrected chi connectivity index (χ3v) is 5.15. The number of aromatic nitrogens is 3. The van der Waals surface area contributed by atoms with Crippen molar-refractivity contribution in [1.82, 2.24) is 25.2 Å². The van der Waals surface area contributed by atoms with Crippen LogP contribution in [0.4, 0.5) is 4.39 Å². The van der Waals surface area contributed by atoms with Crippen molar-refractivity contribution in [3.8, 4) is 5.82 Å². The van der Waals surface area contributed by atoms with Crippen molar-refractivity contribution in [2.75, 3.05) is 13.6 Å². The number of rotatable bonds is 6. The Morgan fingerprint density at radius 3 is 2.76 bits per heavy atom. The molecule has 0 radical (unpaired) electrons. The normalized spacial score (nSPS) is 14.8. The van der Waals surface area contributed by atoms with Crippen molar-refractivity contribution in [3.05, 3.63) is 78.3 Å². The summed E-state index contributed by atoms with van der Waals surface area (Å²) in [5, 5.41) is 6.72. The molecule has 1 aliphatic rings. The average Bonchev–Trinajstić information content (AvgIpc) is 3.31. The Bertz CT molecular complexity index is 969. The maximum atomic E-state index is 13.6. The molecule has 0 saturated heterocycles. The first-order valence-corrected chi connectivity index (χ1v) is 9.32. The zero-order chi connectivity index (χ0) is 19.4. The summed E-state index contributed by atoms with van der Waals surface area (Å²) in [5.74, 6) is 1.36. The smallest absolute Gasteiger partial charge is 0.191 e. The fourth-order valence-corrected chi connectivity index (χ4v) is 3.30. The second-order valence-electron chi connectivity index (χ2n) is 7.06. The Hall–Kier alpha value is -2.49. The van der Waals surface area contributed by atoms with Crippen LogP contribution in [0.5, 0.6) is 0 Å². The van der Waals surface area contributed by atoms with Gasteiger partial charge >= 0.3 is 0 Å². The molecule has 6 nitrogen and oxygen atoms in total. The topological polar surface area (TPSA) is 67.1 Å². The molecule has 29 heavy (non-hydrogen) atoms. The maximum absolute atomic E-state index is 13.6. The summed E-state index contributed by atoms with van der Waals surface area (Å²) in [6.07, 6.45) is 9.21. The van der Waals surface area contributed by atoms with Gasteiger partial charge in [0.2, 0.25) is 0 Å². The SMILES string of the molecule is CN=C(NCc1ccnc(-n2ccnc2)c1)NCC1(c2cccc(F)c2)CC1.I. The third kappa shape index (κ3) is 5.11. The molecule has 2 heterocycles. The van der Waals surface area contributed by atoms with Crippen molar-refractivity contribution in [2.24, 2.45) is 4.99 Å². The highest BCUT2D eigenvalue weighted by atomic mass is 127. The predicted molar refractivity (Wildman–Crippen MR) is 122 cm³/mol. The third-order valence-electron chi connectivity index (χ3n) is 5.15. The van der Waals surface area contributed by atoms with Gasteiger partial charge in [0.1, 0.15) is 18.0 Å². The lowest BCUT2D eigenvalue weighted by Gasteiger charge is -2.19. The number of guanidine groups is 1. The van der Waals surface area contributed by atoms with E-state index in [1.807, 2.05) is 29.0 Å². The van der Waals surface area contributed by atoms with Gasteiger partial charge in [-0.15, -0.1) is 24.0 Å². The van der Waals surface area contributed by atoms with E-state index >= 15 is 0 Å². The molecule has 8 heteroatoms. The van der Waals surface area contributed by atoms with Gasteiger partial charge in [-0.3, -0.25) is 9.56 Å². The van der Waals surface area contributed by atoms with Crippen LogP contribution in [0.25, 0.3) is 5.82 Å². The quantitative estimate of drug-likeness (QED) is 0.306. The Labute approximate surface area is 186 Å². The van der Waals surface area contributed by atoms with E-state index in [2.05, 4.69) is 25.6 Å². The highest BCUT2D eigenvalue weighted by Crippen LogP contribution is 2.47. The lowest BCUT2D eigenvalue weighted by Crippen LogP contribution is -2.40. The van der Waals surface area contributed by atoms with Crippen LogP contribution in [-0.2, 0) is 12.0 Å². The molecular formula is C21H24FIN6. The van der Waals surface area contributed by atoms with Gasteiger partial charge in [-0.1, -0.05) is 12.1 Å². The van der Waals surface area contributed by atoms with E-state index in [1.54, 1.807) is 37.9 Å². The number of pyridine rings is 1. The molecule has 0 aliphatic heterocycles. The maximum Gasteiger partial charge on any atom is 0.191 e. The van der Waals surface area contributed by atoms with Crippen LogP contribution in [0.15, 0.2) is 66.3 Å². The number of halogens is 2. The van der Waals surface area contributed by atoms with Crippen LogP contribution in [-0.4, -0.2) is 34.1 Å². The van der Waals surface area contributed by atoms with Crippen LogP contribution in [0.2, 0.25) is 0 Å². The highest BCUT2D eigenvalue weighted by Gasteiger charge is 2.44. The largest absolute Gasteiger partial charge is 0.356 e. The van der Waals surface area contributed by atoms with E-state index < -0.39 is 0 Å². The van der Waals surface area contributed by atoms with Crippen LogP contribution in [0.1, 0.15) is 24.0 Å². The zero-order valence-corrected chi connectivity index (χ0v) is 18.5. The predicted octanol–water partition coefficient (Wildman–Crippen LogP) is 3.42. The Morgan fingerprint density at radius 1 is 1.21 bits per heavy atom. The van der Waals surface area contributed by atoms with E-state index in [1.165, 1.54) is 6.07 Å². The molecule has 0 atom stereocenters. The Kier molecular flexibility index (Phi) is 6.83. The summed E-state index contributed by atoms with van der Waals surface area (Å²) in [4.78, 5) is 12.7. The molecule has 3 aromatic rings. The molecule has 4 rings (SSSR count). The second-order valence-corrected chi connectivity index (χ2v) is 7.06. The van der Waals surface area contributed by atoms with Crippen molar-refractivity contribution in [1.29, 1.82) is 0 Å². The van der Waals surface area contributed by atoms with Gasteiger partial charge in [-0.2, -0.15) is 0 Å². The van der Waals surface area contributed by atoms with Gasteiger partial charge in [0.05, 0.1) is 0 Å². The van der Waals surface area contributed by atoms with E-state index in [0.717, 1.165) is 42.3 Å². The molecule has 152 valence electrons. The Balaban J connectivity index is 0.00000240. The van der Waals surface area contributed by atoms with Crippen LogP contribution < -0.4 is 10.6 Å². The molecular weight excluding hydrogens is 482 g/mol. The molecule has 0 unspecified atom stereocenters. The minimum Gasteiger partial charge on any atom is -0.356 e. The summed E-state index contributed by atoms with van der Waals surface area (Å²) in [6, 6.07) is 10.9. The number of hydrogen-bond acceptors (Lipinski definition) is 3. The van der Waals surface area contributed by atoms with Crippen molar-refractivity contribution in [3.63, 3.8) is 0 Å². The number of hydrogen-bond donors (Lipinski definition) is 2. The van der Waals surface area contributed by atoms with Crippen molar-refractivity contribution < 1.29 is 4.39 Å². The lowest BCUT2D eigenvalue weighted by atomic mass is 9.96. The summed E-state index contributed by atoms with van der Waals surface area (Å²) < 4.78 is 15.4. The minimum atomic E-state index is -0.183. The van der Waals surface area contributed by atoms with Gasteiger partial charge in [-0.25, -0.2) is 14.4 Å². The van der Waals surface area contributed by atoms with Gasteiger partial charge in [0.25, 0.3) is 0 Å². The van der Waals surface area contributed by atoms with E-state index in [0.29, 0.717) is 6.54 Å². The van der Waals surface area contributed by atoms with Gasteiger partial charge < -0.3 is 10.6 Å². The van der Waals surface area contributed by atoms with Crippen LogP contribution in [0, 0.1) is 5.82 Å². The second kappa shape index (κ2) is 9.34. The van der Waals surface area contributed by atoms with E-state index in [4.69, 9.17) is 0 Å². The lowest BCUT2D eigenvalue weighted by molar-refractivity contribution is 0.607. The summed E-state index contributed by atoms with van der Waals surface area (Å²) in [5.41, 5.74) is 2.15. The highest BCUT2D eigenvalue weighted by molar-refractivity contribution is 14.0. The number of nitrogens with one attached hydrogen (secondary N) is 2. The molecule has 1 aromatic carbocycles. The van der Waals surface area contributed by atoms with Crippen molar-refractivity contribution in [2.45, 2.75) is 24.8 Å². The fourth-order valence-electron chi connectivity index (χ4n) is 3.30.